The van der Waals surface area contributed by atoms with E-state index in [1.54, 1.807) is 23.1 Å². The third-order valence-corrected chi connectivity index (χ3v) is 8.23. The van der Waals surface area contributed by atoms with Gasteiger partial charge in [-0.25, -0.2) is 8.42 Å². The van der Waals surface area contributed by atoms with E-state index in [1.807, 2.05) is 75.4 Å². The number of carbonyl (C=O) groups is 2. The maximum absolute atomic E-state index is 13.8. The molecule has 0 bridgehead atoms. The van der Waals surface area contributed by atoms with Crippen LogP contribution in [-0.4, -0.2) is 50.5 Å². The number of sulfonamides is 1. The summed E-state index contributed by atoms with van der Waals surface area (Å²) in [5.41, 5.74) is 4.17. The first-order chi connectivity index (χ1) is 19.0. The monoisotopic (exact) mass is 583 g/mol. The molecule has 0 spiro atoms. The molecule has 1 atom stereocenters. The van der Waals surface area contributed by atoms with Gasteiger partial charge in [0.25, 0.3) is 0 Å². The molecule has 9 heteroatoms. The number of carbonyl (C=O) groups excluding carboxylic acids is 2. The number of anilines is 1. The highest BCUT2D eigenvalue weighted by Gasteiger charge is 2.30. The van der Waals surface area contributed by atoms with Crippen molar-refractivity contribution in [1.82, 2.24) is 10.2 Å². The summed E-state index contributed by atoms with van der Waals surface area (Å²) in [7, 11) is -3.62. The van der Waals surface area contributed by atoms with E-state index in [0.29, 0.717) is 23.7 Å². The van der Waals surface area contributed by atoms with Crippen molar-refractivity contribution in [3.05, 3.63) is 100 Å². The van der Waals surface area contributed by atoms with Crippen LogP contribution in [0.1, 0.15) is 42.0 Å². The Hall–Kier alpha value is -3.36. The van der Waals surface area contributed by atoms with Crippen molar-refractivity contribution in [2.24, 2.45) is 0 Å². The van der Waals surface area contributed by atoms with Gasteiger partial charge < -0.3 is 10.2 Å². The SMILES string of the molecule is CCNC(=O)[C@H](Cc1ccccc1)N(Cc1ccccc1C)C(=O)CCCN(c1cc(Cl)ccc1C)S(C)(=O)=O. The van der Waals surface area contributed by atoms with Crippen molar-refractivity contribution in [1.29, 1.82) is 0 Å². The Morgan fingerprint density at radius 3 is 2.27 bits per heavy atom. The topological polar surface area (TPSA) is 86.8 Å². The van der Waals surface area contributed by atoms with Gasteiger partial charge in [-0.05, 0) is 61.6 Å². The van der Waals surface area contributed by atoms with Crippen LogP contribution in [0.4, 0.5) is 5.69 Å². The highest BCUT2D eigenvalue weighted by molar-refractivity contribution is 7.92. The third kappa shape index (κ3) is 8.57. The summed E-state index contributed by atoms with van der Waals surface area (Å²) in [5, 5.41) is 3.33. The Labute approximate surface area is 243 Å². The largest absolute Gasteiger partial charge is 0.355 e. The molecule has 1 N–H and O–H groups in total. The van der Waals surface area contributed by atoms with Gasteiger partial charge in [-0.15, -0.1) is 0 Å². The molecule has 0 fully saturated rings. The first-order valence-electron chi connectivity index (χ1n) is 13.4. The molecular weight excluding hydrogens is 546 g/mol. The summed E-state index contributed by atoms with van der Waals surface area (Å²) in [6.07, 6.45) is 1.85. The number of likely N-dealkylation sites (N-methyl/N-ethyl adjacent to an activating group) is 1. The number of aryl methyl sites for hydroxylation is 2. The molecule has 0 saturated carbocycles. The number of hydrogen-bond acceptors (Lipinski definition) is 4. The first kappa shape index (κ1) is 31.2. The number of hydrogen-bond donors (Lipinski definition) is 1. The first-order valence-corrected chi connectivity index (χ1v) is 15.6. The van der Waals surface area contributed by atoms with Gasteiger partial charge in [-0.1, -0.05) is 72.3 Å². The van der Waals surface area contributed by atoms with Crippen LogP contribution in [0.3, 0.4) is 0 Å². The average molecular weight is 584 g/mol. The van der Waals surface area contributed by atoms with Crippen LogP contribution in [0.25, 0.3) is 0 Å². The fraction of sp³-hybridized carbons (Fsp3) is 0.355. The molecule has 0 unspecified atom stereocenters. The minimum absolute atomic E-state index is 0.0716. The second kappa shape index (κ2) is 14.3. The van der Waals surface area contributed by atoms with E-state index >= 15 is 0 Å². The second-order valence-corrected chi connectivity index (χ2v) is 12.3. The van der Waals surface area contributed by atoms with Crippen LogP contribution in [-0.2, 0) is 32.6 Å². The standard InChI is InChI=1S/C31H38ClN3O4S/c1-5-33-31(37)29(20-25-13-7-6-8-14-25)34(22-26-15-10-9-12-23(26)2)30(36)16-11-19-35(40(4,38)39)28-21-27(32)18-17-24(28)3/h6-10,12-15,17-18,21,29H,5,11,16,19-20,22H2,1-4H3,(H,33,37)/t29-/m0/s1. The summed E-state index contributed by atoms with van der Waals surface area (Å²) < 4.78 is 26.7. The number of amides is 2. The summed E-state index contributed by atoms with van der Waals surface area (Å²) in [6, 6.07) is 21.8. The predicted molar refractivity (Wildman–Crippen MR) is 162 cm³/mol. The number of nitrogens with one attached hydrogen (secondary N) is 1. The Morgan fingerprint density at radius 2 is 1.62 bits per heavy atom. The summed E-state index contributed by atoms with van der Waals surface area (Å²) in [5.74, 6) is -0.438. The van der Waals surface area contributed by atoms with Crippen LogP contribution >= 0.6 is 11.6 Å². The Morgan fingerprint density at radius 1 is 0.950 bits per heavy atom. The van der Waals surface area contributed by atoms with E-state index < -0.39 is 16.1 Å². The molecule has 3 aromatic rings. The van der Waals surface area contributed by atoms with Crippen molar-refractivity contribution in [3.63, 3.8) is 0 Å². The molecule has 0 saturated heterocycles. The zero-order chi connectivity index (χ0) is 29.3. The molecule has 0 radical (unpaired) electrons. The lowest BCUT2D eigenvalue weighted by atomic mass is 10.0. The van der Waals surface area contributed by atoms with Crippen molar-refractivity contribution in [3.8, 4) is 0 Å². The highest BCUT2D eigenvalue weighted by Crippen LogP contribution is 2.27. The number of nitrogens with zero attached hydrogens (tertiary/aromatic N) is 2. The average Bonchev–Trinajstić information content (AvgIpc) is 2.91. The molecule has 214 valence electrons. The van der Waals surface area contributed by atoms with Gasteiger partial charge in [-0.3, -0.25) is 13.9 Å². The summed E-state index contributed by atoms with van der Waals surface area (Å²) in [6.45, 7) is 6.46. The van der Waals surface area contributed by atoms with Crippen LogP contribution in [0.2, 0.25) is 5.02 Å². The van der Waals surface area contributed by atoms with Crippen LogP contribution in [0.15, 0.2) is 72.8 Å². The second-order valence-electron chi connectivity index (χ2n) is 9.92. The maximum atomic E-state index is 13.8. The lowest BCUT2D eigenvalue weighted by Gasteiger charge is -2.32. The zero-order valence-corrected chi connectivity index (χ0v) is 25.1. The number of benzene rings is 3. The fourth-order valence-corrected chi connectivity index (χ4v) is 5.83. The van der Waals surface area contributed by atoms with E-state index in [2.05, 4.69) is 5.32 Å². The molecule has 0 aliphatic heterocycles. The molecule has 0 aromatic heterocycles. The van der Waals surface area contributed by atoms with Crippen LogP contribution in [0, 0.1) is 13.8 Å². The van der Waals surface area contributed by atoms with E-state index in [4.69, 9.17) is 11.6 Å². The highest BCUT2D eigenvalue weighted by atomic mass is 35.5. The summed E-state index contributed by atoms with van der Waals surface area (Å²) in [4.78, 5) is 28.8. The Kier molecular flexibility index (Phi) is 11.2. The van der Waals surface area contributed by atoms with Gasteiger partial charge in [0.05, 0.1) is 11.9 Å². The van der Waals surface area contributed by atoms with Crippen molar-refractivity contribution < 1.29 is 18.0 Å². The molecule has 2 amide bonds. The normalized spacial score (nSPS) is 12.0. The molecule has 3 rings (SSSR count). The van der Waals surface area contributed by atoms with Gasteiger partial charge in [0.1, 0.15) is 6.04 Å². The minimum atomic E-state index is -3.62. The number of halogens is 1. The zero-order valence-electron chi connectivity index (χ0n) is 23.6. The molecule has 0 aliphatic rings. The van der Waals surface area contributed by atoms with Crippen molar-refractivity contribution in [2.45, 2.75) is 52.6 Å². The van der Waals surface area contributed by atoms with Gasteiger partial charge in [0.15, 0.2) is 0 Å². The minimum Gasteiger partial charge on any atom is -0.355 e. The molecule has 40 heavy (non-hydrogen) atoms. The van der Waals surface area contributed by atoms with Crippen molar-refractivity contribution in [2.75, 3.05) is 23.7 Å². The summed E-state index contributed by atoms with van der Waals surface area (Å²) >= 11 is 6.16. The molecular formula is C31H38ClN3O4S. The molecule has 0 heterocycles. The molecule has 7 nitrogen and oxygen atoms in total. The van der Waals surface area contributed by atoms with Crippen LogP contribution < -0.4 is 9.62 Å². The maximum Gasteiger partial charge on any atom is 0.243 e. The van der Waals surface area contributed by atoms with Crippen LogP contribution in [0.5, 0.6) is 0 Å². The smallest absolute Gasteiger partial charge is 0.243 e. The van der Waals surface area contributed by atoms with E-state index in [9.17, 15) is 18.0 Å². The lowest BCUT2D eigenvalue weighted by Crippen LogP contribution is -2.50. The van der Waals surface area contributed by atoms with E-state index in [-0.39, 0.29) is 37.7 Å². The quantitative estimate of drug-likeness (QED) is 0.297. The van der Waals surface area contributed by atoms with Gasteiger partial charge >= 0.3 is 0 Å². The van der Waals surface area contributed by atoms with E-state index in [1.165, 1.54) is 4.31 Å². The van der Waals surface area contributed by atoms with Gasteiger partial charge in [0, 0.05) is 37.5 Å². The Balaban J connectivity index is 1.89. The van der Waals surface area contributed by atoms with Crippen molar-refractivity contribution >= 4 is 39.1 Å². The van der Waals surface area contributed by atoms with Gasteiger partial charge in [0.2, 0.25) is 21.8 Å². The molecule has 0 aliphatic carbocycles. The fourth-order valence-electron chi connectivity index (χ4n) is 4.65. The van der Waals surface area contributed by atoms with Gasteiger partial charge in [-0.2, -0.15) is 0 Å². The Bertz CT molecular complexity index is 1410. The predicted octanol–water partition coefficient (Wildman–Crippen LogP) is 5.28. The van der Waals surface area contributed by atoms with E-state index in [0.717, 1.165) is 28.5 Å². The number of rotatable bonds is 13. The lowest BCUT2D eigenvalue weighted by molar-refractivity contribution is -0.141. The third-order valence-electron chi connectivity index (χ3n) is 6.82. The molecule has 3 aromatic carbocycles.